The normalized spacial score (nSPS) is 12.6. The first-order valence-electron chi connectivity index (χ1n) is 14.7. The summed E-state index contributed by atoms with van der Waals surface area (Å²) in [4.78, 5) is 29.5. The van der Waals surface area contributed by atoms with E-state index >= 15 is 4.39 Å². The van der Waals surface area contributed by atoms with Crippen LogP contribution in [0.25, 0.3) is 0 Å². The molecule has 45 heavy (non-hydrogen) atoms. The number of hydrogen-bond acceptors (Lipinski definition) is 4. The van der Waals surface area contributed by atoms with Gasteiger partial charge >= 0.3 is 0 Å². The zero-order valence-corrected chi connectivity index (χ0v) is 27.1. The molecule has 2 amide bonds. The molecule has 0 radical (unpaired) electrons. The van der Waals surface area contributed by atoms with Gasteiger partial charge in [0.1, 0.15) is 18.4 Å². The first-order chi connectivity index (χ1) is 21.5. The van der Waals surface area contributed by atoms with Crippen molar-refractivity contribution in [2.24, 2.45) is 0 Å². The minimum absolute atomic E-state index is 0.0590. The maximum atomic E-state index is 15.0. The number of aryl methyl sites for hydroxylation is 1. The number of sulfonamides is 1. The highest BCUT2D eigenvalue weighted by Crippen LogP contribution is 2.26. The third kappa shape index (κ3) is 8.71. The summed E-state index contributed by atoms with van der Waals surface area (Å²) in [5.41, 5.74) is 2.15. The summed E-state index contributed by atoms with van der Waals surface area (Å²) < 4.78 is 44.1. The number of anilines is 1. The average molecular weight is 650 g/mol. The largest absolute Gasteiger partial charge is 0.352 e. The van der Waals surface area contributed by atoms with Crippen LogP contribution >= 0.6 is 11.6 Å². The summed E-state index contributed by atoms with van der Waals surface area (Å²) >= 11 is 6.03. The van der Waals surface area contributed by atoms with E-state index in [9.17, 15) is 18.0 Å². The zero-order chi connectivity index (χ0) is 32.6. The van der Waals surface area contributed by atoms with Crippen molar-refractivity contribution in [2.75, 3.05) is 10.8 Å². The van der Waals surface area contributed by atoms with Gasteiger partial charge in [0.15, 0.2) is 0 Å². The highest BCUT2D eigenvalue weighted by Gasteiger charge is 2.35. The number of benzene rings is 4. The minimum Gasteiger partial charge on any atom is -0.352 e. The van der Waals surface area contributed by atoms with Crippen molar-refractivity contribution in [3.05, 3.63) is 131 Å². The Morgan fingerprint density at radius 2 is 1.51 bits per heavy atom. The van der Waals surface area contributed by atoms with Crippen molar-refractivity contribution in [1.29, 1.82) is 0 Å². The minimum atomic E-state index is -4.27. The summed E-state index contributed by atoms with van der Waals surface area (Å²) in [6.45, 7) is 4.77. The van der Waals surface area contributed by atoms with Gasteiger partial charge in [-0.15, -0.1) is 0 Å². The lowest BCUT2D eigenvalue weighted by molar-refractivity contribution is -0.140. The molecule has 0 heterocycles. The second-order valence-electron chi connectivity index (χ2n) is 10.9. The number of amides is 2. The molecule has 0 spiro atoms. The maximum Gasteiger partial charge on any atom is 0.264 e. The van der Waals surface area contributed by atoms with Gasteiger partial charge in [0.25, 0.3) is 10.0 Å². The molecule has 0 aliphatic heterocycles. The van der Waals surface area contributed by atoms with Gasteiger partial charge in [-0.05, 0) is 68.3 Å². The molecule has 0 saturated carbocycles. The van der Waals surface area contributed by atoms with Gasteiger partial charge in [-0.2, -0.15) is 0 Å². The summed E-state index contributed by atoms with van der Waals surface area (Å²) in [5, 5.41) is 3.33. The number of carbonyl (C=O) groups excluding carboxylic acids is 2. The first kappa shape index (κ1) is 33.7. The van der Waals surface area contributed by atoms with Crippen molar-refractivity contribution in [1.82, 2.24) is 10.2 Å². The summed E-state index contributed by atoms with van der Waals surface area (Å²) in [6.07, 6.45) is 0.795. The van der Waals surface area contributed by atoms with E-state index in [1.807, 2.05) is 51.1 Å². The second-order valence-corrected chi connectivity index (χ2v) is 13.2. The van der Waals surface area contributed by atoms with Crippen LogP contribution in [0, 0.1) is 12.7 Å². The summed E-state index contributed by atoms with van der Waals surface area (Å²) in [7, 11) is -4.27. The molecule has 0 aromatic heterocycles. The molecule has 2 unspecified atom stereocenters. The quantitative estimate of drug-likeness (QED) is 0.178. The van der Waals surface area contributed by atoms with E-state index in [0.29, 0.717) is 11.4 Å². The van der Waals surface area contributed by atoms with E-state index in [4.69, 9.17) is 11.6 Å². The Morgan fingerprint density at radius 3 is 2.13 bits per heavy atom. The second kappa shape index (κ2) is 15.2. The van der Waals surface area contributed by atoms with Crippen molar-refractivity contribution in [3.63, 3.8) is 0 Å². The molecule has 236 valence electrons. The van der Waals surface area contributed by atoms with E-state index in [-0.39, 0.29) is 35.2 Å². The number of nitrogens with zero attached hydrogens (tertiary/aromatic N) is 2. The van der Waals surface area contributed by atoms with Crippen LogP contribution in [0.2, 0.25) is 5.02 Å². The molecular formula is C35H37ClFN3O4S. The number of rotatable bonds is 13. The molecule has 0 aliphatic rings. The van der Waals surface area contributed by atoms with Gasteiger partial charge in [-0.25, -0.2) is 12.8 Å². The molecule has 0 bridgehead atoms. The molecule has 4 aromatic rings. The Hall–Kier alpha value is -4.21. The Bertz CT molecular complexity index is 1700. The van der Waals surface area contributed by atoms with Crippen molar-refractivity contribution in [3.8, 4) is 0 Å². The molecule has 4 aromatic carbocycles. The smallest absolute Gasteiger partial charge is 0.264 e. The van der Waals surface area contributed by atoms with E-state index in [1.165, 1.54) is 35.2 Å². The molecular weight excluding hydrogens is 613 g/mol. The lowest BCUT2D eigenvalue weighted by Gasteiger charge is -2.34. The first-order valence-corrected chi connectivity index (χ1v) is 16.5. The van der Waals surface area contributed by atoms with E-state index in [0.717, 1.165) is 15.4 Å². The SMILES string of the molecule is CCC(C)NC(=O)C(Cc1ccccc1)N(Cc1ccccc1F)C(=O)CN(c1ccc(C)cc1)S(=O)(=O)c1ccc(Cl)cc1. The van der Waals surface area contributed by atoms with Gasteiger partial charge < -0.3 is 10.2 Å². The van der Waals surface area contributed by atoms with Crippen LogP contribution in [0.1, 0.15) is 37.0 Å². The average Bonchev–Trinajstić information content (AvgIpc) is 3.03. The predicted octanol–water partition coefficient (Wildman–Crippen LogP) is 6.54. The third-order valence-corrected chi connectivity index (χ3v) is 9.61. The van der Waals surface area contributed by atoms with Crippen LogP contribution in [0.15, 0.2) is 108 Å². The molecule has 7 nitrogen and oxygen atoms in total. The number of hydrogen-bond donors (Lipinski definition) is 1. The van der Waals surface area contributed by atoms with Crippen molar-refractivity contribution < 1.29 is 22.4 Å². The number of halogens is 2. The number of nitrogens with one attached hydrogen (secondary N) is 1. The Kier molecular flexibility index (Phi) is 11.4. The Labute approximate surface area is 269 Å². The van der Waals surface area contributed by atoms with Crippen LogP contribution in [-0.2, 0) is 32.6 Å². The molecule has 4 rings (SSSR count). The van der Waals surface area contributed by atoms with Crippen LogP contribution in [0.4, 0.5) is 10.1 Å². The van der Waals surface area contributed by atoms with E-state index in [2.05, 4.69) is 5.32 Å². The zero-order valence-electron chi connectivity index (χ0n) is 25.5. The van der Waals surface area contributed by atoms with Gasteiger partial charge in [0, 0.05) is 29.6 Å². The fourth-order valence-corrected chi connectivity index (χ4v) is 6.32. The monoisotopic (exact) mass is 649 g/mol. The van der Waals surface area contributed by atoms with Crippen molar-refractivity contribution in [2.45, 2.75) is 57.1 Å². The molecule has 0 aliphatic carbocycles. The molecule has 1 N–H and O–H groups in total. The van der Waals surface area contributed by atoms with Gasteiger partial charge in [0.2, 0.25) is 11.8 Å². The highest BCUT2D eigenvalue weighted by atomic mass is 35.5. The fourth-order valence-electron chi connectivity index (χ4n) is 4.78. The fraction of sp³-hybridized carbons (Fsp3) is 0.257. The number of carbonyl (C=O) groups is 2. The third-order valence-electron chi connectivity index (χ3n) is 7.57. The lowest BCUT2D eigenvalue weighted by Crippen LogP contribution is -2.54. The standard InChI is InChI=1S/C35H37ClFN3O4S/c1-4-26(3)38-35(42)33(22-27-10-6-5-7-11-27)39(23-28-12-8-9-13-32(28)37)34(41)24-40(30-18-14-25(2)15-19-30)45(43,44)31-20-16-29(36)17-21-31/h5-21,26,33H,4,22-24H2,1-3H3,(H,38,42). The van der Waals surface area contributed by atoms with Gasteiger partial charge in [-0.1, -0.05) is 84.8 Å². The van der Waals surface area contributed by atoms with Crippen LogP contribution in [0.3, 0.4) is 0 Å². The van der Waals surface area contributed by atoms with Crippen LogP contribution in [-0.4, -0.2) is 43.8 Å². The molecule has 10 heteroatoms. The van der Waals surface area contributed by atoms with E-state index < -0.39 is 40.2 Å². The van der Waals surface area contributed by atoms with Crippen molar-refractivity contribution >= 4 is 39.1 Å². The lowest BCUT2D eigenvalue weighted by atomic mass is 10.0. The molecule has 0 fully saturated rings. The van der Waals surface area contributed by atoms with E-state index in [1.54, 1.807) is 42.5 Å². The van der Waals surface area contributed by atoms with Gasteiger partial charge in [0.05, 0.1) is 10.6 Å². The predicted molar refractivity (Wildman–Crippen MR) is 176 cm³/mol. The Morgan fingerprint density at radius 1 is 0.889 bits per heavy atom. The van der Waals surface area contributed by atoms with Crippen LogP contribution in [0.5, 0.6) is 0 Å². The maximum absolute atomic E-state index is 15.0. The van der Waals surface area contributed by atoms with Crippen LogP contribution < -0.4 is 9.62 Å². The van der Waals surface area contributed by atoms with Gasteiger partial charge in [-0.3, -0.25) is 13.9 Å². The summed E-state index contributed by atoms with van der Waals surface area (Å²) in [6, 6.07) is 26.4. The highest BCUT2D eigenvalue weighted by molar-refractivity contribution is 7.92. The molecule has 2 atom stereocenters. The molecule has 0 saturated heterocycles. The Balaban J connectivity index is 1.81. The topological polar surface area (TPSA) is 86.8 Å². The summed E-state index contributed by atoms with van der Waals surface area (Å²) in [5.74, 6) is -1.63.